The van der Waals surface area contributed by atoms with Gasteiger partial charge in [-0.25, -0.2) is 14.0 Å². The van der Waals surface area contributed by atoms with E-state index in [1.54, 1.807) is 0 Å². The van der Waals surface area contributed by atoms with Crippen LogP contribution in [0.1, 0.15) is 18.1 Å². The molecule has 0 unspecified atom stereocenters. The smallest absolute Gasteiger partial charge is 0.358 e. The lowest BCUT2D eigenvalue weighted by Crippen LogP contribution is -2.39. The van der Waals surface area contributed by atoms with Crippen LogP contribution < -0.4 is 0 Å². The fourth-order valence-electron chi connectivity index (χ4n) is 1.31. The van der Waals surface area contributed by atoms with Crippen molar-refractivity contribution in [2.24, 2.45) is 0 Å². The molecule has 0 radical (unpaired) electrons. The van der Waals surface area contributed by atoms with Crippen molar-refractivity contribution in [1.29, 1.82) is 0 Å². The first-order valence-corrected chi connectivity index (χ1v) is 4.68. The van der Waals surface area contributed by atoms with E-state index >= 15 is 0 Å². The summed E-state index contributed by atoms with van der Waals surface area (Å²) in [4.78, 5) is 21.3. The van der Waals surface area contributed by atoms with Crippen molar-refractivity contribution in [1.82, 2.24) is 0 Å². The molecular formula is C11H11FO4. The Balaban J connectivity index is 3.22. The molecule has 2 N–H and O–H groups in total. The molecule has 0 bridgehead atoms. The number of rotatable bonds is 4. The van der Waals surface area contributed by atoms with Crippen molar-refractivity contribution in [2.75, 3.05) is 0 Å². The number of carboxylic acids is 2. The van der Waals surface area contributed by atoms with E-state index in [1.165, 1.54) is 24.3 Å². The molecule has 1 aromatic carbocycles. The molecule has 0 aliphatic heterocycles. The van der Waals surface area contributed by atoms with E-state index in [4.69, 9.17) is 10.2 Å². The molecule has 0 aliphatic carbocycles. The van der Waals surface area contributed by atoms with E-state index in [9.17, 15) is 14.0 Å². The highest BCUT2D eigenvalue weighted by atomic mass is 19.1. The monoisotopic (exact) mass is 226 g/mol. The third kappa shape index (κ3) is 1.88. The van der Waals surface area contributed by atoms with Gasteiger partial charge in [0, 0.05) is 5.56 Å². The third-order valence-electron chi connectivity index (χ3n) is 2.35. The van der Waals surface area contributed by atoms with E-state index < -0.39 is 17.6 Å². The summed E-state index contributed by atoms with van der Waals surface area (Å²) in [5.74, 6) is -4.05. The quantitative estimate of drug-likeness (QED) is 0.764. The Labute approximate surface area is 91.3 Å². The number of carboxylic acid groups (broad SMARTS) is 2. The molecule has 0 saturated carbocycles. The Morgan fingerprint density at radius 1 is 1.19 bits per heavy atom. The normalized spacial score (nSPS) is 11.1. The van der Waals surface area contributed by atoms with Gasteiger partial charge in [0.1, 0.15) is 0 Å². The molecule has 0 atom stereocenters. The average molecular weight is 226 g/mol. The standard InChI is InChI=1S/C11H11FO4/c1-2-7-3-5-8(6-4-7)11(12,9(13)14)10(15)16/h3-6H,2H2,1H3,(H,13,14)(H,15,16). The molecule has 0 aromatic heterocycles. The van der Waals surface area contributed by atoms with Crippen LogP contribution in [-0.2, 0) is 21.7 Å². The van der Waals surface area contributed by atoms with Crippen LogP contribution in [-0.4, -0.2) is 22.2 Å². The summed E-state index contributed by atoms with van der Waals surface area (Å²) in [6.07, 6.45) is 0.708. The average Bonchev–Trinajstić information content (AvgIpc) is 2.27. The lowest BCUT2D eigenvalue weighted by molar-refractivity contribution is -0.167. The van der Waals surface area contributed by atoms with Gasteiger partial charge in [0.25, 0.3) is 0 Å². The Hall–Kier alpha value is -1.91. The van der Waals surface area contributed by atoms with Crippen molar-refractivity contribution < 1.29 is 24.2 Å². The van der Waals surface area contributed by atoms with Gasteiger partial charge in [0.2, 0.25) is 0 Å². The van der Waals surface area contributed by atoms with Crippen molar-refractivity contribution in [3.05, 3.63) is 35.4 Å². The summed E-state index contributed by atoms with van der Waals surface area (Å²) in [7, 11) is 0. The minimum absolute atomic E-state index is 0.385. The van der Waals surface area contributed by atoms with E-state index in [0.29, 0.717) is 6.42 Å². The number of carbonyl (C=O) groups is 2. The van der Waals surface area contributed by atoms with Crippen molar-refractivity contribution in [2.45, 2.75) is 19.0 Å². The van der Waals surface area contributed by atoms with Gasteiger partial charge in [-0.2, -0.15) is 0 Å². The van der Waals surface area contributed by atoms with Gasteiger partial charge >= 0.3 is 17.6 Å². The molecule has 0 spiro atoms. The molecule has 16 heavy (non-hydrogen) atoms. The largest absolute Gasteiger partial charge is 0.478 e. The van der Waals surface area contributed by atoms with E-state index in [-0.39, 0.29) is 5.56 Å². The van der Waals surface area contributed by atoms with E-state index in [0.717, 1.165) is 5.56 Å². The maximum atomic E-state index is 13.8. The first-order chi connectivity index (χ1) is 7.42. The number of hydrogen-bond donors (Lipinski definition) is 2. The van der Waals surface area contributed by atoms with Crippen molar-refractivity contribution in [3.8, 4) is 0 Å². The first kappa shape index (κ1) is 12.2. The highest BCUT2D eigenvalue weighted by Crippen LogP contribution is 2.27. The van der Waals surface area contributed by atoms with Crippen LogP contribution in [0.2, 0.25) is 0 Å². The van der Waals surface area contributed by atoms with Crippen molar-refractivity contribution in [3.63, 3.8) is 0 Å². The summed E-state index contributed by atoms with van der Waals surface area (Å²) in [6, 6.07) is 5.38. The summed E-state index contributed by atoms with van der Waals surface area (Å²) in [5, 5.41) is 17.3. The molecule has 0 fully saturated rings. The Kier molecular flexibility index (Phi) is 3.27. The molecule has 0 saturated heterocycles. The fraction of sp³-hybridized carbons (Fsp3) is 0.273. The molecule has 0 amide bonds. The molecule has 0 aliphatic rings. The van der Waals surface area contributed by atoms with Gasteiger partial charge in [0.05, 0.1) is 0 Å². The van der Waals surface area contributed by atoms with Crippen LogP contribution in [0.3, 0.4) is 0 Å². The van der Waals surface area contributed by atoms with Gasteiger partial charge in [-0.1, -0.05) is 31.2 Å². The SMILES string of the molecule is CCc1ccc(C(F)(C(=O)O)C(=O)O)cc1. The van der Waals surface area contributed by atoms with Crippen LogP contribution in [0.15, 0.2) is 24.3 Å². The summed E-state index contributed by atoms with van der Waals surface area (Å²) in [6.45, 7) is 1.88. The van der Waals surface area contributed by atoms with Gasteiger partial charge < -0.3 is 10.2 Å². The second-order valence-corrected chi connectivity index (χ2v) is 3.32. The van der Waals surface area contributed by atoms with Gasteiger partial charge in [0.15, 0.2) is 0 Å². The Bertz CT molecular complexity index is 396. The summed E-state index contributed by atoms with van der Waals surface area (Å²) < 4.78 is 13.8. The maximum Gasteiger partial charge on any atom is 0.358 e. The van der Waals surface area contributed by atoms with E-state index in [2.05, 4.69) is 0 Å². The molecule has 0 heterocycles. The van der Waals surface area contributed by atoms with Crippen LogP contribution in [0.5, 0.6) is 0 Å². The Morgan fingerprint density at radius 3 is 1.94 bits per heavy atom. The lowest BCUT2D eigenvalue weighted by Gasteiger charge is -2.16. The van der Waals surface area contributed by atoms with Crippen LogP contribution in [0.4, 0.5) is 4.39 Å². The van der Waals surface area contributed by atoms with Crippen LogP contribution >= 0.6 is 0 Å². The third-order valence-corrected chi connectivity index (χ3v) is 2.35. The number of aliphatic carboxylic acids is 2. The predicted molar refractivity (Wildman–Crippen MR) is 53.9 cm³/mol. The van der Waals surface area contributed by atoms with Crippen molar-refractivity contribution >= 4 is 11.9 Å². The molecule has 1 rings (SSSR count). The molecule has 5 heteroatoms. The summed E-state index contributed by atoms with van der Waals surface area (Å²) in [5.41, 5.74) is -2.89. The highest BCUT2D eigenvalue weighted by molar-refractivity contribution is 6.02. The minimum Gasteiger partial charge on any atom is -0.478 e. The molecule has 1 aromatic rings. The zero-order chi connectivity index (χ0) is 12.3. The number of aryl methyl sites for hydroxylation is 1. The minimum atomic E-state index is -3.38. The lowest BCUT2D eigenvalue weighted by atomic mass is 9.95. The van der Waals surface area contributed by atoms with E-state index in [1.807, 2.05) is 6.92 Å². The summed E-state index contributed by atoms with van der Waals surface area (Å²) >= 11 is 0. The van der Waals surface area contributed by atoms with Gasteiger partial charge in [-0.05, 0) is 12.0 Å². The fourth-order valence-corrected chi connectivity index (χ4v) is 1.31. The first-order valence-electron chi connectivity index (χ1n) is 4.68. The second kappa shape index (κ2) is 4.30. The van der Waals surface area contributed by atoms with Crippen LogP contribution in [0.25, 0.3) is 0 Å². The number of alkyl halides is 1. The number of benzene rings is 1. The Morgan fingerprint density at radius 2 is 1.62 bits per heavy atom. The second-order valence-electron chi connectivity index (χ2n) is 3.32. The van der Waals surface area contributed by atoms with Gasteiger partial charge in [-0.15, -0.1) is 0 Å². The molecule has 86 valence electrons. The zero-order valence-electron chi connectivity index (χ0n) is 8.61. The predicted octanol–water partition coefficient (Wildman–Crippen LogP) is 1.58. The zero-order valence-corrected chi connectivity index (χ0v) is 8.61. The van der Waals surface area contributed by atoms with Crippen LogP contribution in [0, 0.1) is 0 Å². The number of hydrogen-bond acceptors (Lipinski definition) is 2. The molecule has 4 nitrogen and oxygen atoms in total. The topological polar surface area (TPSA) is 74.6 Å². The molecular weight excluding hydrogens is 215 g/mol. The number of halogens is 1. The maximum absolute atomic E-state index is 13.8. The van der Waals surface area contributed by atoms with Gasteiger partial charge in [-0.3, -0.25) is 0 Å². The highest BCUT2D eigenvalue weighted by Gasteiger charge is 2.49.